The molecule has 0 unspecified atom stereocenters. The summed E-state index contributed by atoms with van der Waals surface area (Å²) < 4.78 is 0.860. The van der Waals surface area contributed by atoms with Gasteiger partial charge in [-0.15, -0.1) is 11.3 Å². The number of nitrogens with zero attached hydrogens (tertiary/aromatic N) is 1. The number of para-hydroxylation sites is 1. The van der Waals surface area contributed by atoms with E-state index in [1.807, 2.05) is 48.0 Å². The van der Waals surface area contributed by atoms with Gasteiger partial charge in [-0.2, -0.15) is 11.3 Å². The number of nitrogens with one attached hydrogen (secondary N) is 1. The quantitative estimate of drug-likeness (QED) is 0.680. The van der Waals surface area contributed by atoms with Gasteiger partial charge in [0.25, 0.3) is 5.91 Å². The van der Waals surface area contributed by atoms with Crippen molar-refractivity contribution in [3.05, 3.63) is 56.1 Å². The zero-order valence-corrected chi connectivity index (χ0v) is 14.3. The molecule has 0 bridgehead atoms. The third-order valence-corrected chi connectivity index (χ3v) is 5.47. The number of aryl methyl sites for hydroxylation is 1. The Morgan fingerprint density at radius 1 is 1.29 bits per heavy atom. The van der Waals surface area contributed by atoms with Crippen molar-refractivity contribution >= 4 is 50.2 Å². The lowest BCUT2D eigenvalue weighted by Crippen LogP contribution is -2.11. The Kier molecular flexibility index (Phi) is 4.19. The van der Waals surface area contributed by atoms with Crippen LogP contribution in [-0.4, -0.2) is 10.9 Å². The van der Waals surface area contributed by atoms with Crippen LogP contribution in [0.2, 0.25) is 0 Å². The maximum atomic E-state index is 12.4. The minimum Gasteiger partial charge on any atom is -0.320 e. The highest BCUT2D eigenvalue weighted by Gasteiger charge is 2.17. The van der Waals surface area contributed by atoms with E-state index < -0.39 is 0 Å². The topological polar surface area (TPSA) is 42.0 Å². The third-order valence-electron chi connectivity index (χ3n) is 2.89. The van der Waals surface area contributed by atoms with E-state index in [4.69, 9.17) is 0 Å². The minimum atomic E-state index is -0.127. The highest BCUT2D eigenvalue weighted by atomic mass is 79.9. The maximum Gasteiger partial charge on any atom is 0.267 e. The Labute approximate surface area is 138 Å². The molecule has 1 N–H and O–H groups in total. The van der Waals surface area contributed by atoms with Crippen LogP contribution >= 0.6 is 38.6 Å². The fourth-order valence-electron chi connectivity index (χ4n) is 1.86. The molecule has 0 aliphatic rings. The molecule has 2 heterocycles. The second kappa shape index (κ2) is 6.09. The first kappa shape index (κ1) is 14.4. The van der Waals surface area contributed by atoms with E-state index in [0.29, 0.717) is 4.88 Å². The predicted molar refractivity (Wildman–Crippen MR) is 92.3 cm³/mol. The van der Waals surface area contributed by atoms with Crippen molar-refractivity contribution in [1.29, 1.82) is 0 Å². The van der Waals surface area contributed by atoms with Crippen molar-refractivity contribution in [2.45, 2.75) is 6.92 Å². The molecule has 0 atom stereocenters. The third kappa shape index (κ3) is 3.07. The molecule has 0 aliphatic carbocycles. The summed E-state index contributed by atoms with van der Waals surface area (Å²) in [6.45, 7) is 1.86. The van der Waals surface area contributed by atoms with Crippen LogP contribution in [0.15, 0.2) is 45.6 Å². The zero-order valence-electron chi connectivity index (χ0n) is 11.1. The van der Waals surface area contributed by atoms with Gasteiger partial charge in [0.2, 0.25) is 0 Å². The van der Waals surface area contributed by atoms with Gasteiger partial charge in [-0.1, -0.05) is 12.1 Å². The molecule has 0 spiro atoms. The number of aromatic nitrogens is 1. The summed E-state index contributed by atoms with van der Waals surface area (Å²) in [5.74, 6) is -0.127. The standard InChI is InChI=1S/C15H11BrN2OS2/c1-9-13(21-15(17-9)10-6-7-20-8-10)14(19)18-12-5-3-2-4-11(12)16/h2-8H,1H3,(H,18,19). The summed E-state index contributed by atoms with van der Waals surface area (Å²) in [4.78, 5) is 17.5. The number of halogens is 1. The van der Waals surface area contributed by atoms with Gasteiger partial charge in [-0.05, 0) is 46.4 Å². The molecular formula is C15H11BrN2OS2. The molecule has 3 rings (SSSR count). The molecule has 0 saturated carbocycles. The highest BCUT2D eigenvalue weighted by Crippen LogP contribution is 2.30. The van der Waals surface area contributed by atoms with Crippen LogP contribution in [0.5, 0.6) is 0 Å². The number of thiophene rings is 1. The normalized spacial score (nSPS) is 10.6. The highest BCUT2D eigenvalue weighted by molar-refractivity contribution is 9.10. The van der Waals surface area contributed by atoms with Crippen LogP contribution in [0.4, 0.5) is 5.69 Å². The summed E-state index contributed by atoms with van der Waals surface area (Å²) >= 11 is 6.47. The van der Waals surface area contributed by atoms with Crippen molar-refractivity contribution in [3.8, 4) is 10.6 Å². The summed E-state index contributed by atoms with van der Waals surface area (Å²) in [5.41, 5.74) is 2.58. The average Bonchev–Trinajstić information content (AvgIpc) is 3.10. The van der Waals surface area contributed by atoms with E-state index >= 15 is 0 Å². The number of carbonyl (C=O) groups is 1. The fraction of sp³-hybridized carbons (Fsp3) is 0.0667. The second-order valence-electron chi connectivity index (χ2n) is 4.38. The monoisotopic (exact) mass is 378 g/mol. The summed E-state index contributed by atoms with van der Waals surface area (Å²) in [7, 11) is 0. The molecule has 0 fully saturated rings. The van der Waals surface area contributed by atoms with Gasteiger partial charge in [0.15, 0.2) is 0 Å². The smallest absolute Gasteiger partial charge is 0.267 e. The van der Waals surface area contributed by atoms with E-state index in [1.165, 1.54) is 11.3 Å². The molecule has 1 aromatic carbocycles. The number of hydrogen-bond donors (Lipinski definition) is 1. The molecule has 1 amide bonds. The first-order valence-corrected chi connectivity index (χ1v) is 8.76. The van der Waals surface area contributed by atoms with E-state index in [-0.39, 0.29) is 5.91 Å². The molecule has 0 radical (unpaired) electrons. The lowest BCUT2D eigenvalue weighted by atomic mass is 10.3. The SMILES string of the molecule is Cc1nc(-c2ccsc2)sc1C(=O)Nc1ccccc1Br. The molecule has 0 aliphatic heterocycles. The molecule has 106 valence electrons. The lowest BCUT2D eigenvalue weighted by molar-refractivity contribution is 0.102. The van der Waals surface area contributed by atoms with E-state index in [0.717, 1.165) is 26.4 Å². The van der Waals surface area contributed by atoms with Gasteiger partial charge >= 0.3 is 0 Å². The van der Waals surface area contributed by atoms with E-state index in [2.05, 4.69) is 26.2 Å². The number of anilines is 1. The predicted octanol–water partition coefficient (Wildman–Crippen LogP) is 5.19. The van der Waals surface area contributed by atoms with Crippen LogP contribution in [0.3, 0.4) is 0 Å². The summed E-state index contributed by atoms with van der Waals surface area (Å²) in [6, 6.07) is 9.56. The first-order chi connectivity index (χ1) is 10.1. The largest absolute Gasteiger partial charge is 0.320 e. The van der Waals surface area contributed by atoms with Crippen molar-refractivity contribution in [2.24, 2.45) is 0 Å². The van der Waals surface area contributed by atoms with Crippen LogP contribution < -0.4 is 5.32 Å². The Morgan fingerprint density at radius 2 is 2.10 bits per heavy atom. The Morgan fingerprint density at radius 3 is 2.81 bits per heavy atom. The van der Waals surface area contributed by atoms with Crippen LogP contribution in [0.25, 0.3) is 10.6 Å². The first-order valence-electron chi connectivity index (χ1n) is 6.21. The summed E-state index contributed by atoms with van der Waals surface area (Å²) in [6.07, 6.45) is 0. The van der Waals surface area contributed by atoms with E-state index in [1.54, 1.807) is 11.3 Å². The van der Waals surface area contributed by atoms with Crippen molar-refractivity contribution in [2.75, 3.05) is 5.32 Å². The maximum absolute atomic E-state index is 12.4. The number of amides is 1. The Bertz CT molecular complexity index is 781. The van der Waals surface area contributed by atoms with E-state index in [9.17, 15) is 4.79 Å². The van der Waals surface area contributed by atoms with Gasteiger partial charge in [0, 0.05) is 15.4 Å². The molecule has 2 aromatic heterocycles. The van der Waals surface area contributed by atoms with Gasteiger partial charge in [0.1, 0.15) is 9.88 Å². The van der Waals surface area contributed by atoms with Crippen molar-refractivity contribution < 1.29 is 4.79 Å². The van der Waals surface area contributed by atoms with Crippen LogP contribution in [0.1, 0.15) is 15.4 Å². The Hall–Kier alpha value is -1.50. The zero-order chi connectivity index (χ0) is 14.8. The molecule has 21 heavy (non-hydrogen) atoms. The number of benzene rings is 1. The molecule has 3 nitrogen and oxygen atoms in total. The molecule has 0 saturated heterocycles. The molecular weight excluding hydrogens is 368 g/mol. The second-order valence-corrected chi connectivity index (χ2v) is 7.01. The van der Waals surface area contributed by atoms with Gasteiger partial charge in [0.05, 0.1) is 11.4 Å². The number of hydrogen-bond acceptors (Lipinski definition) is 4. The van der Waals surface area contributed by atoms with Crippen LogP contribution in [-0.2, 0) is 0 Å². The Balaban J connectivity index is 1.87. The van der Waals surface area contributed by atoms with Crippen molar-refractivity contribution in [1.82, 2.24) is 4.98 Å². The average molecular weight is 379 g/mol. The number of rotatable bonds is 3. The number of thiazole rings is 1. The fourth-order valence-corrected chi connectivity index (χ4v) is 3.92. The molecule has 3 aromatic rings. The lowest BCUT2D eigenvalue weighted by Gasteiger charge is -2.05. The van der Waals surface area contributed by atoms with Gasteiger partial charge in [-0.3, -0.25) is 4.79 Å². The van der Waals surface area contributed by atoms with Crippen LogP contribution in [0, 0.1) is 6.92 Å². The molecule has 6 heteroatoms. The van der Waals surface area contributed by atoms with Gasteiger partial charge in [-0.25, -0.2) is 4.98 Å². The van der Waals surface area contributed by atoms with Crippen molar-refractivity contribution in [3.63, 3.8) is 0 Å². The van der Waals surface area contributed by atoms with Gasteiger partial charge < -0.3 is 5.32 Å². The minimum absolute atomic E-state index is 0.127. The summed E-state index contributed by atoms with van der Waals surface area (Å²) in [5, 5.41) is 7.84. The number of carbonyl (C=O) groups excluding carboxylic acids is 1.